The number of hydrogen-bond acceptors (Lipinski definition) is 0. The molecule has 3 aliphatic rings. The maximum absolute atomic E-state index is 4.20. The minimum Gasteiger partial charge on any atom is -0.0695 e. The van der Waals surface area contributed by atoms with Gasteiger partial charge in [-0.3, -0.25) is 0 Å². The van der Waals surface area contributed by atoms with Crippen LogP contribution < -0.4 is 0 Å². The van der Waals surface area contributed by atoms with E-state index < -0.39 is 0 Å². The first-order chi connectivity index (χ1) is 11.7. The number of halogens is 1. The second-order valence-electron chi connectivity index (χ2n) is 6.95. The largest absolute Gasteiger partial charge is 0.101 e. The molecule has 0 atom stereocenters. The highest BCUT2D eigenvalue weighted by atomic mass is 79.9. The smallest absolute Gasteiger partial charge is 0.0695 e. The summed E-state index contributed by atoms with van der Waals surface area (Å²) in [6, 6.07) is 27.0. The van der Waals surface area contributed by atoms with Crippen molar-refractivity contribution in [2.75, 3.05) is 0 Å². The lowest BCUT2D eigenvalue weighted by Crippen LogP contribution is -2.48. The van der Waals surface area contributed by atoms with E-state index in [9.17, 15) is 0 Å². The summed E-state index contributed by atoms with van der Waals surface area (Å²) in [6.45, 7) is 2.30. The van der Waals surface area contributed by atoms with E-state index in [0.717, 1.165) is 12.8 Å². The molecule has 0 aromatic heterocycles. The van der Waals surface area contributed by atoms with Crippen molar-refractivity contribution in [3.05, 3.63) is 106 Å². The molecule has 0 aliphatic heterocycles. The summed E-state index contributed by atoms with van der Waals surface area (Å²) in [5.74, 6) is 0. The summed E-state index contributed by atoms with van der Waals surface area (Å²) in [7, 11) is 0. The molecule has 0 radical (unpaired) electrons. The zero-order chi connectivity index (χ0) is 16.4. The Labute approximate surface area is 151 Å². The van der Waals surface area contributed by atoms with Crippen molar-refractivity contribution in [1.82, 2.24) is 0 Å². The van der Waals surface area contributed by atoms with Crippen molar-refractivity contribution in [2.45, 2.75) is 29.5 Å². The molecule has 0 fully saturated rings. The molecule has 0 spiro atoms. The predicted octanol–water partition coefficient (Wildman–Crippen LogP) is 6.13. The van der Waals surface area contributed by atoms with Crippen molar-refractivity contribution < 1.29 is 0 Å². The SMILES string of the molecule is CCCC12c3ccccc3C(Br)(c3ccccc31)c1ccccc12. The quantitative estimate of drug-likeness (QED) is 0.473. The topological polar surface area (TPSA) is 0 Å². The molecule has 3 aliphatic carbocycles. The zero-order valence-electron chi connectivity index (χ0n) is 13.7. The molecule has 0 heterocycles. The van der Waals surface area contributed by atoms with Gasteiger partial charge in [0.15, 0.2) is 0 Å². The summed E-state index contributed by atoms with van der Waals surface area (Å²) in [5, 5.41) is 0. The monoisotopic (exact) mass is 374 g/mol. The van der Waals surface area contributed by atoms with Crippen molar-refractivity contribution >= 4 is 15.9 Å². The standard InChI is InChI=1S/C23H19Br/c1-2-15-22-16-9-3-6-12-19(16)23(24,20-13-7-4-10-17(20)22)21-14-8-5-11-18(21)22/h3-14H,2,15H2,1H3. The van der Waals surface area contributed by atoms with Crippen molar-refractivity contribution in [2.24, 2.45) is 0 Å². The molecule has 2 bridgehead atoms. The van der Waals surface area contributed by atoms with Crippen LogP contribution in [0.3, 0.4) is 0 Å². The number of alkyl halides is 1. The third kappa shape index (κ3) is 1.46. The Morgan fingerprint density at radius 2 is 0.958 bits per heavy atom. The lowest BCUT2D eigenvalue weighted by molar-refractivity contribution is 0.489. The van der Waals surface area contributed by atoms with Crippen LogP contribution in [0, 0.1) is 0 Å². The molecule has 3 aromatic rings. The lowest BCUT2D eigenvalue weighted by Gasteiger charge is -2.54. The predicted molar refractivity (Wildman–Crippen MR) is 103 cm³/mol. The van der Waals surface area contributed by atoms with Gasteiger partial charge in [0.05, 0.1) is 0 Å². The van der Waals surface area contributed by atoms with Gasteiger partial charge in [-0.1, -0.05) is 102 Å². The molecule has 0 unspecified atom stereocenters. The van der Waals surface area contributed by atoms with Crippen LogP contribution in [0.2, 0.25) is 0 Å². The molecule has 24 heavy (non-hydrogen) atoms. The van der Waals surface area contributed by atoms with E-state index in [1.165, 1.54) is 33.4 Å². The Hall–Kier alpha value is -1.86. The van der Waals surface area contributed by atoms with Crippen LogP contribution >= 0.6 is 15.9 Å². The highest BCUT2D eigenvalue weighted by molar-refractivity contribution is 9.10. The van der Waals surface area contributed by atoms with E-state index in [0.29, 0.717) is 0 Å². The van der Waals surface area contributed by atoms with Gasteiger partial charge < -0.3 is 0 Å². The van der Waals surface area contributed by atoms with Crippen LogP contribution in [0.15, 0.2) is 72.8 Å². The minimum absolute atomic E-state index is 0.0198. The molecule has 0 N–H and O–H groups in total. The average Bonchev–Trinajstić information content (AvgIpc) is 2.65. The molecule has 118 valence electrons. The summed E-state index contributed by atoms with van der Waals surface area (Å²) in [6.07, 6.45) is 2.30. The van der Waals surface area contributed by atoms with Gasteiger partial charge in [0.1, 0.15) is 4.32 Å². The number of benzene rings is 3. The van der Waals surface area contributed by atoms with E-state index in [2.05, 4.69) is 95.7 Å². The number of hydrogen-bond donors (Lipinski definition) is 0. The summed E-state index contributed by atoms with van der Waals surface area (Å²) in [4.78, 5) is 0. The fourth-order valence-corrected chi connectivity index (χ4v) is 6.15. The molecule has 1 heteroatoms. The van der Waals surface area contributed by atoms with E-state index in [1.807, 2.05) is 0 Å². The Morgan fingerprint density at radius 3 is 1.29 bits per heavy atom. The first kappa shape index (κ1) is 14.5. The van der Waals surface area contributed by atoms with Crippen LogP contribution in [0.25, 0.3) is 0 Å². The van der Waals surface area contributed by atoms with Crippen LogP contribution in [0.4, 0.5) is 0 Å². The van der Waals surface area contributed by atoms with Gasteiger partial charge in [-0.05, 0) is 39.8 Å². The third-order valence-electron chi connectivity index (χ3n) is 5.90. The zero-order valence-corrected chi connectivity index (χ0v) is 15.3. The summed E-state index contributed by atoms with van der Waals surface area (Å²) >= 11 is 4.20. The van der Waals surface area contributed by atoms with Gasteiger partial charge >= 0.3 is 0 Å². The maximum Gasteiger partial charge on any atom is 0.101 e. The lowest BCUT2D eigenvalue weighted by atomic mass is 9.51. The second kappa shape index (κ2) is 4.83. The van der Waals surface area contributed by atoms with Gasteiger partial charge in [-0.15, -0.1) is 0 Å². The summed E-state index contributed by atoms with van der Waals surface area (Å²) < 4.78 is -0.230. The van der Waals surface area contributed by atoms with Crippen LogP contribution in [-0.4, -0.2) is 0 Å². The van der Waals surface area contributed by atoms with Crippen molar-refractivity contribution in [1.29, 1.82) is 0 Å². The molecule has 6 rings (SSSR count). The second-order valence-corrected chi connectivity index (χ2v) is 8.14. The van der Waals surface area contributed by atoms with Crippen LogP contribution in [0.1, 0.15) is 53.1 Å². The van der Waals surface area contributed by atoms with Crippen LogP contribution in [0.5, 0.6) is 0 Å². The molecule has 0 saturated carbocycles. The van der Waals surface area contributed by atoms with Crippen LogP contribution in [-0.2, 0) is 9.74 Å². The molecule has 3 aromatic carbocycles. The van der Waals surface area contributed by atoms with Gasteiger partial charge in [-0.2, -0.15) is 0 Å². The Balaban J connectivity index is 2.03. The van der Waals surface area contributed by atoms with Gasteiger partial charge in [0.25, 0.3) is 0 Å². The first-order valence-corrected chi connectivity index (χ1v) is 9.52. The fourth-order valence-electron chi connectivity index (χ4n) is 5.12. The normalized spacial score (nSPS) is 25.8. The Bertz CT molecular complexity index is 835. The van der Waals surface area contributed by atoms with E-state index in [4.69, 9.17) is 0 Å². The highest BCUT2D eigenvalue weighted by Gasteiger charge is 2.56. The third-order valence-corrected chi connectivity index (χ3v) is 7.18. The van der Waals surface area contributed by atoms with E-state index in [-0.39, 0.29) is 9.74 Å². The Morgan fingerprint density at radius 1 is 0.625 bits per heavy atom. The van der Waals surface area contributed by atoms with E-state index >= 15 is 0 Å². The van der Waals surface area contributed by atoms with Gasteiger partial charge in [0, 0.05) is 5.41 Å². The van der Waals surface area contributed by atoms with Gasteiger partial charge in [0.2, 0.25) is 0 Å². The fraction of sp³-hybridized carbons (Fsp3) is 0.217. The minimum atomic E-state index is -0.230. The van der Waals surface area contributed by atoms with Crippen molar-refractivity contribution in [3.8, 4) is 0 Å². The number of rotatable bonds is 2. The van der Waals surface area contributed by atoms with E-state index in [1.54, 1.807) is 0 Å². The highest BCUT2D eigenvalue weighted by Crippen LogP contribution is 2.65. The molecular weight excluding hydrogens is 356 g/mol. The molecule has 0 nitrogen and oxygen atoms in total. The molecule has 0 amide bonds. The maximum atomic E-state index is 4.20. The molecule has 0 saturated heterocycles. The Kier molecular flexibility index (Phi) is 2.91. The average molecular weight is 375 g/mol. The first-order valence-electron chi connectivity index (χ1n) is 8.73. The molecular formula is C23H19Br. The van der Waals surface area contributed by atoms with Gasteiger partial charge in [-0.25, -0.2) is 0 Å². The summed E-state index contributed by atoms with van der Waals surface area (Å²) in [5.41, 5.74) is 8.64. The van der Waals surface area contributed by atoms with Crippen molar-refractivity contribution in [3.63, 3.8) is 0 Å².